The Balaban J connectivity index is 2.39. The van der Waals surface area contributed by atoms with Gasteiger partial charge in [-0.2, -0.15) is 5.10 Å². The van der Waals surface area contributed by atoms with Gasteiger partial charge in [-0.15, -0.1) is 11.3 Å². The van der Waals surface area contributed by atoms with E-state index < -0.39 is 0 Å². The fourth-order valence-corrected chi connectivity index (χ4v) is 2.65. The molecular weight excluding hydrogens is 260 g/mol. The van der Waals surface area contributed by atoms with Crippen molar-refractivity contribution in [2.24, 2.45) is 0 Å². The molecule has 0 fully saturated rings. The van der Waals surface area contributed by atoms with E-state index >= 15 is 0 Å². The van der Waals surface area contributed by atoms with E-state index in [-0.39, 0.29) is 6.04 Å². The Bertz CT molecular complexity index is 473. The minimum Gasteiger partial charge on any atom is -0.493 e. The van der Waals surface area contributed by atoms with Crippen molar-refractivity contribution in [3.8, 4) is 5.75 Å². The van der Waals surface area contributed by atoms with Gasteiger partial charge in [0.15, 0.2) is 5.75 Å². The van der Waals surface area contributed by atoms with Crippen LogP contribution in [0.15, 0.2) is 17.1 Å². The zero-order chi connectivity index (χ0) is 13.7. The third kappa shape index (κ3) is 2.96. The molecule has 19 heavy (non-hydrogen) atoms. The summed E-state index contributed by atoms with van der Waals surface area (Å²) in [5, 5.41) is 9.97. The number of nitrogens with zero attached hydrogens (tertiary/aromatic N) is 3. The van der Waals surface area contributed by atoms with E-state index in [2.05, 4.69) is 34.6 Å². The molecule has 0 spiro atoms. The highest BCUT2D eigenvalue weighted by atomic mass is 32.1. The molecule has 0 saturated carbocycles. The van der Waals surface area contributed by atoms with Gasteiger partial charge in [0, 0.05) is 11.9 Å². The molecule has 0 aliphatic carbocycles. The lowest BCUT2D eigenvalue weighted by molar-refractivity contribution is 0.398. The molecule has 2 aromatic heterocycles. The van der Waals surface area contributed by atoms with Crippen LogP contribution in [0.25, 0.3) is 0 Å². The smallest absolute Gasteiger partial charge is 0.161 e. The normalized spacial score (nSPS) is 12.6. The van der Waals surface area contributed by atoms with Crippen LogP contribution in [0.5, 0.6) is 5.75 Å². The zero-order valence-corrected chi connectivity index (χ0v) is 12.4. The Labute approximate surface area is 117 Å². The maximum Gasteiger partial charge on any atom is 0.161 e. The summed E-state index contributed by atoms with van der Waals surface area (Å²) in [6.45, 7) is 5.97. The molecule has 0 amide bonds. The summed E-state index contributed by atoms with van der Waals surface area (Å²) in [7, 11) is 1.68. The molecule has 6 heteroatoms. The number of methoxy groups -OCH3 is 1. The van der Waals surface area contributed by atoms with Crippen molar-refractivity contribution in [2.75, 3.05) is 13.7 Å². The van der Waals surface area contributed by atoms with Gasteiger partial charge in [-0.1, -0.05) is 6.92 Å². The van der Waals surface area contributed by atoms with E-state index in [4.69, 9.17) is 4.74 Å². The van der Waals surface area contributed by atoms with Crippen LogP contribution in [0, 0.1) is 0 Å². The molecule has 0 radical (unpaired) electrons. The van der Waals surface area contributed by atoms with Crippen molar-refractivity contribution in [3.63, 3.8) is 0 Å². The number of nitrogens with one attached hydrogen (secondary N) is 1. The molecule has 104 valence electrons. The Morgan fingerprint density at radius 1 is 1.47 bits per heavy atom. The maximum atomic E-state index is 5.44. The fraction of sp³-hybridized carbons (Fsp3) is 0.538. The lowest BCUT2D eigenvalue weighted by atomic mass is 10.1. The SMILES string of the molecule is CCCNC(c1cscn1)c1c(OC)cnn1CC. The number of hydrogen-bond acceptors (Lipinski definition) is 5. The molecule has 0 aromatic carbocycles. The Kier molecular flexibility index (Phi) is 4.93. The molecular formula is C13H20N4OS. The van der Waals surface area contributed by atoms with Crippen LogP contribution in [0.4, 0.5) is 0 Å². The number of aromatic nitrogens is 3. The van der Waals surface area contributed by atoms with Gasteiger partial charge in [0.1, 0.15) is 5.69 Å². The Hall–Kier alpha value is -1.40. The zero-order valence-electron chi connectivity index (χ0n) is 11.6. The van der Waals surface area contributed by atoms with E-state index in [1.807, 2.05) is 10.2 Å². The van der Waals surface area contributed by atoms with E-state index in [0.717, 1.165) is 36.6 Å². The van der Waals surface area contributed by atoms with Crippen LogP contribution < -0.4 is 10.1 Å². The summed E-state index contributed by atoms with van der Waals surface area (Å²) in [5.41, 5.74) is 3.92. The highest BCUT2D eigenvalue weighted by Crippen LogP contribution is 2.29. The van der Waals surface area contributed by atoms with Crippen LogP contribution >= 0.6 is 11.3 Å². The van der Waals surface area contributed by atoms with Crippen LogP contribution in [0.1, 0.15) is 37.7 Å². The molecule has 0 saturated heterocycles. The fourth-order valence-electron chi connectivity index (χ4n) is 2.07. The van der Waals surface area contributed by atoms with Crippen molar-refractivity contribution in [1.82, 2.24) is 20.1 Å². The summed E-state index contributed by atoms with van der Waals surface area (Å²) in [6.07, 6.45) is 2.84. The van der Waals surface area contributed by atoms with Gasteiger partial charge < -0.3 is 10.1 Å². The number of aryl methyl sites for hydroxylation is 1. The lowest BCUT2D eigenvalue weighted by Gasteiger charge is -2.19. The largest absolute Gasteiger partial charge is 0.493 e. The van der Waals surface area contributed by atoms with Crippen LogP contribution in [0.3, 0.4) is 0 Å². The number of ether oxygens (including phenoxy) is 1. The number of thiazole rings is 1. The maximum absolute atomic E-state index is 5.44. The number of rotatable bonds is 7. The first-order chi connectivity index (χ1) is 9.31. The second-order valence-electron chi connectivity index (χ2n) is 4.21. The summed E-state index contributed by atoms with van der Waals surface area (Å²) < 4.78 is 7.40. The molecule has 0 aliphatic heterocycles. The van der Waals surface area contributed by atoms with Gasteiger partial charge in [-0.3, -0.25) is 4.68 Å². The molecule has 1 unspecified atom stereocenters. The molecule has 2 rings (SSSR count). The van der Waals surface area contributed by atoms with Gasteiger partial charge >= 0.3 is 0 Å². The minimum absolute atomic E-state index is 0.0311. The summed E-state index contributed by atoms with van der Waals surface area (Å²) in [6, 6.07) is 0.0311. The van der Waals surface area contributed by atoms with Crippen molar-refractivity contribution >= 4 is 11.3 Å². The van der Waals surface area contributed by atoms with Gasteiger partial charge in [0.2, 0.25) is 0 Å². The Morgan fingerprint density at radius 2 is 2.32 bits per heavy atom. The van der Waals surface area contributed by atoms with Crippen molar-refractivity contribution in [1.29, 1.82) is 0 Å². The van der Waals surface area contributed by atoms with E-state index in [1.54, 1.807) is 24.6 Å². The summed E-state index contributed by atoms with van der Waals surface area (Å²) in [4.78, 5) is 4.44. The molecule has 0 aliphatic rings. The van der Waals surface area contributed by atoms with Crippen LogP contribution in [0.2, 0.25) is 0 Å². The summed E-state index contributed by atoms with van der Waals surface area (Å²) >= 11 is 1.60. The van der Waals surface area contributed by atoms with Gasteiger partial charge in [0.25, 0.3) is 0 Å². The minimum atomic E-state index is 0.0311. The molecule has 2 heterocycles. The van der Waals surface area contributed by atoms with E-state index in [1.165, 1.54) is 0 Å². The second-order valence-corrected chi connectivity index (χ2v) is 4.93. The van der Waals surface area contributed by atoms with E-state index in [9.17, 15) is 0 Å². The number of hydrogen-bond donors (Lipinski definition) is 1. The van der Waals surface area contributed by atoms with E-state index in [0.29, 0.717) is 0 Å². The van der Waals surface area contributed by atoms with Gasteiger partial charge in [-0.05, 0) is 19.9 Å². The van der Waals surface area contributed by atoms with Gasteiger partial charge in [0.05, 0.1) is 30.6 Å². The average Bonchev–Trinajstić information content (AvgIpc) is 3.08. The summed E-state index contributed by atoms with van der Waals surface area (Å²) in [5.74, 6) is 0.809. The Morgan fingerprint density at radius 3 is 2.89 bits per heavy atom. The lowest BCUT2D eigenvalue weighted by Crippen LogP contribution is -2.26. The predicted octanol–water partition coefficient (Wildman–Crippen LogP) is 2.46. The predicted molar refractivity (Wildman–Crippen MR) is 76.7 cm³/mol. The van der Waals surface area contributed by atoms with Crippen LogP contribution in [-0.2, 0) is 6.54 Å². The van der Waals surface area contributed by atoms with Crippen molar-refractivity contribution < 1.29 is 4.74 Å². The molecule has 1 atom stereocenters. The second kappa shape index (κ2) is 6.68. The van der Waals surface area contributed by atoms with Crippen molar-refractivity contribution in [2.45, 2.75) is 32.9 Å². The molecule has 5 nitrogen and oxygen atoms in total. The highest BCUT2D eigenvalue weighted by Gasteiger charge is 2.24. The molecule has 2 aromatic rings. The van der Waals surface area contributed by atoms with Gasteiger partial charge in [-0.25, -0.2) is 4.98 Å². The third-order valence-electron chi connectivity index (χ3n) is 2.98. The highest BCUT2D eigenvalue weighted by molar-refractivity contribution is 7.07. The standard InChI is InChI=1S/C13H20N4OS/c1-4-6-14-12(10-8-19-9-15-10)13-11(18-3)7-16-17(13)5-2/h7-9,12,14H,4-6H2,1-3H3. The first kappa shape index (κ1) is 14.0. The average molecular weight is 280 g/mol. The molecule has 0 bridgehead atoms. The first-order valence-electron chi connectivity index (χ1n) is 6.52. The first-order valence-corrected chi connectivity index (χ1v) is 7.47. The monoisotopic (exact) mass is 280 g/mol. The van der Waals surface area contributed by atoms with Crippen molar-refractivity contribution in [3.05, 3.63) is 28.5 Å². The topological polar surface area (TPSA) is 52.0 Å². The van der Waals surface area contributed by atoms with Crippen LogP contribution in [-0.4, -0.2) is 28.4 Å². The third-order valence-corrected chi connectivity index (χ3v) is 3.59. The quantitative estimate of drug-likeness (QED) is 0.846. The molecule has 1 N–H and O–H groups in total.